The highest BCUT2D eigenvalue weighted by molar-refractivity contribution is 8.13. The van der Waals surface area contributed by atoms with Gasteiger partial charge in [0.1, 0.15) is 23.5 Å². The maximum atomic E-state index is 13.0. The molecule has 0 fully saturated rings. The minimum atomic E-state index is -4.56. The number of ether oxygens (including phenoxy) is 2. The SMILES string of the molecule is CC.CCOC(=O)CN=C(SC)c1ccc(OC)c2nc(C(F)(F)F)ccc12. The van der Waals surface area contributed by atoms with Crippen LogP contribution in [0.1, 0.15) is 32.0 Å². The number of rotatable bonds is 5. The van der Waals surface area contributed by atoms with Gasteiger partial charge >= 0.3 is 12.1 Å². The van der Waals surface area contributed by atoms with E-state index in [1.807, 2.05) is 13.8 Å². The van der Waals surface area contributed by atoms with Gasteiger partial charge in [0, 0.05) is 10.9 Å². The molecule has 0 saturated heterocycles. The summed E-state index contributed by atoms with van der Waals surface area (Å²) in [5, 5.41) is 0.946. The van der Waals surface area contributed by atoms with Gasteiger partial charge in [0.25, 0.3) is 0 Å². The van der Waals surface area contributed by atoms with E-state index in [9.17, 15) is 18.0 Å². The Balaban J connectivity index is 0.00000190. The largest absolute Gasteiger partial charge is 0.494 e. The highest BCUT2D eigenvalue weighted by Crippen LogP contribution is 2.34. The van der Waals surface area contributed by atoms with E-state index in [0.29, 0.717) is 16.0 Å². The summed E-state index contributed by atoms with van der Waals surface area (Å²) in [4.78, 5) is 19.5. The van der Waals surface area contributed by atoms with Gasteiger partial charge in [0.2, 0.25) is 0 Å². The van der Waals surface area contributed by atoms with Crippen LogP contribution < -0.4 is 4.74 Å². The zero-order valence-corrected chi connectivity index (χ0v) is 17.2. The molecular weight excluding hydrogens is 393 g/mol. The molecule has 0 unspecified atom stereocenters. The molecule has 1 heterocycles. The van der Waals surface area contributed by atoms with E-state index in [-0.39, 0.29) is 24.4 Å². The van der Waals surface area contributed by atoms with Crippen molar-refractivity contribution in [2.75, 3.05) is 26.5 Å². The predicted octanol–water partition coefficient (Wildman–Crippen LogP) is 4.96. The van der Waals surface area contributed by atoms with Crippen LogP contribution in [0.15, 0.2) is 29.3 Å². The molecule has 0 aliphatic heterocycles. The third kappa shape index (κ3) is 5.85. The van der Waals surface area contributed by atoms with Gasteiger partial charge in [-0.1, -0.05) is 13.8 Å². The summed E-state index contributed by atoms with van der Waals surface area (Å²) in [7, 11) is 1.36. The number of carbonyl (C=O) groups is 1. The lowest BCUT2D eigenvalue weighted by Crippen LogP contribution is -2.11. The topological polar surface area (TPSA) is 60.8 Å². The maximum Gasteiger partial charge on any atom is 0.433 e. The number of hydrogen-bond donors (Lipinski definition) is 0. The number of nitrogens with zero attached hydrogens (tertiary/aromatic N) is 2. The second-order valence-electron chi connectivity index (χ2n) is 5.04. The molecule has 0 saturated carbocycles. The van der Waals surface area contributed by atoms with Crippen LogP contribution in [0.3, 0.4) is 0 Å². The Morgan fingerprint density at radius 3 is 2.43 bits per heavy atom. The number of aliphatic imine (C=N–C) groups is 1. The number of pyridine rings is 1. The summed E-state index contributed by atoms with van der Waals surface area (Å²) in [6, 6.07) is 5.45. The number of benzene rings is 1. The molecule has 5 nitrogen and oxygen atoms in total. The number of aromatic nitrogens is 1. The van der Waals surface area contributed by atoms with E-state index in [1.54, 1.807) is 19.2 Å². The van der Waals surface area contributed by atoms with Crippen LogP contribution in [0, 0.1) is 0 Å². The molecule has 2 aromatic rings. The van der Waals surface area contributed by atoms with E-state index in [4.69, 9.17) is 9.47 Å². The fourth-order valence-corrected chi connectivity index (χ4v) is 2.90. The molecule has 28 heavy (non-hydrogen) atoms. The normalized spacial score (nSPS) is 11.6. The fraction of sp³-hybridized carbons (Fsp3) is 0.421. The van der Waals surface area contributed by atoms with Gasteiger partial charge in [-0.05, 0) is 37.4 Å². The van der Waals surface area contributed by atoms with Crippen LogP contribution in [-0.2, 0) is 15.7 Å². The zero-order valence-electron chi connectivity index (χ0n) is 16.4. The number of carbonyl (C=O) groups excluding carboxylic acids is 1. The van der Waals surface area contributed by atoms with Crippen molar-refractivity contribution in [3.05, 3.63) is 35.5 Å². The zero-order chi connectivity index (χ0) is 21.3. The minimum Gasteiger partial charge on any atom is -0.494 e. The molecule has 0 amide bonds. The maximum absolute atomic E-state index is 13.0. The van der Waals surface area contributed by atoms with Gasteiger partial charge in [-0.25, -0.2) is 4.98 Å². The van der Waals surface area contributed by atoms with Gasteiger partial charge in [0.05, 0.1) is 18.8 Å². The van der Waals surface area contributed by atoms with Crippen molar-refractivity contribution in [2.45, 2.75) is 26.9 Å². The molecule has 154 valence electrons. The third-order valence-corrected chi connectivity index (χ3v) is 4.15. The summed E-state index contributed by atoms with van der Waals surface area (Å²) in [5.74, 6) is -0.255. The Bertz CT molecular complexity index is 839. The summed E-state index contributed by atoms with van der Waals surface area (Å²) in [6.07, 6.45) is -2.80. The van der Waals surface area contributed by atoms with Crippen LogP contribution in [0.4, 0.5) is 13.2 Å². The van der Waals surface area contributed by atoms with Gasteiger partial charge in [-0.3, -0.25) is 9.79 Å². The van der Waals surface area contributed by atoms with Crippen LogP contribution >= 0.6 is 11.8 Å². The average Bonchev–Trinajstić information content (AvgIpc) is 2.69. The first-order valence-electron chi connectivity index (χ1n) is 8.61. The minimum absolute atomic E-state index is 0.0812. The highest BCUT2D eigenvalue weighted by Gasteiger charge is 2.33. The molecule has 0 radical (unpaired) electrons. The smallest absolute Gasteiger partial charge is 0.433 e. The number of hydrogen-bond acceptors (Lipinski definition) is 6. The Kier molecular flexibility index (Phi) is 9.24. The van der Waals surface area contributed by atoms with Crippen molar-refractivity contribution in [3.63, 3.8) is 0 Å². The number of alkyl halides is 3. The summed E-state index contributed by atoms with van der Waals surface area (Å²) < 4.78 is 48.9. The number of methoxy groups -OCH3 is 1. The second kappa shape index (κ2) is 10.9. The molecule has 0 N–H and O–H groups in total. The van der Waals surface area contributed by atoms with Crippen molar-refractivity contribution < 1.29 is 27.4 Å². The lowest BCUT2D eigenvalue weighted by atomic mass is 10.1. The molecular formula is C19H23F3N2O3S. The summed E-state index contributed by atoms with van der Waals surface area (Å²) in [5.41, 5.74) is -0.355. The van der Waals surface area contributed by atoms with E-state index < -0.39 is 17.8 Å². The number of fused-ring (bicyclic) bond motifs is 1. The predicted molar refractivity (Wildman–Crippen MR) is 106 cm³/mol. The standard InChI is InChI=1S/C17H17F3N2O3S.C2H6/c1-4-25-14(23)9-21-16(26-3)11-5-7-12(24-2)15-10(11)6-8-13(22-15)17(18,19)20;1-2/h5-8H,4,9H2,1-3H3;1-2H3. The molecule has 0 aliphatic carbocycles. The van der Waals surface area contributed by atoms with Crippen molar-refractivity contribution in [3.8, 4) is 5.75 Å². The lowest BCUT2D eigenvalue weighted by Gasteiger charge is -2.13. The van der Waals surface area contributed by atoms with Crippen LogP contribution in [0.2, 0.25) is 0 Å². The number of thioether (sulfide) groups is 1. The number of esters is 1. The number of halogens is 3. The van der Waals surface area contributed by atoms with E-state index in [0.717, 1.165) is 6.07 Å². The first kappa shape index (κ1) is 23.7. The Labute approximate surface area is 166 Å². The molecule has 2 rings (SSSR count). The Morgan fingerprint density at radius 1 is 1.21 bits per heavy atom. The van der Waals surface area contributed by atoms with Gasteiger partial charge in [-0.2, -0.15) is 13.2 Å². The van der Waals surface area contributed by atoms with E-state index in [2.05, 4.69) is 9.98 Å². The van der Waals surface area contributed by atoms with E-state index in [1.165, 1.54) is 31.0 Å². The van der Waals surface area contributed by atoms with Crippen molar-refractivity contribution in [1.82, 2.24) is 4.98 Å². The van der Waals surface area contributed by atoms with Crippen LogP contribution in [0.5, 0.6) is 5.75 Å². The average molecular weight is 416 g/mol. The Hall–Kier alpha value is -2.29. The quantitative estimate of drug-likeness (QED) is 0.392. The first-order chi connectivity index (χ1) is 13.3. The molecule has 1 aromatic carbocycles. The second-order valence-corrected chi connectivity index (χ2v) is 5.83. The van der Waals surface area contributed by atoms with E-state index >= 15 is 0 Å². The first-order valence-corrected chi connectivity index (χ1v) is 9.83. The van der Waals surface area contributed by atoms with Crippen molar-refractivity contribution in [2.24, 2.45) is 4.99 Å². The molecule has 0 spiro atoms. The summed E-state index contributed by atoms with van der Waals surface area (Å²) >= 11 is 1.27. The summed E-state index contributed by atoms with van der Waals surface area (Å²) in [6.45, 7) is 5.77. The Morgan fingerprint density at radius 2 is 1.89 bits per heavy atom. The van der Waals surface area contributed by atoms with Crippen molar-refractivity contribution >= 4 is 33.7 Å². The monoisotopic (exact) mass is 416 g/mol. The van der Waals surface area contributed by atoms with Gasteiger partial charge in [-0.15, -0.1) is 11.8 Å². The third-order valence-electron chi connectivity index (χ3n) is 3.41. The molecule has 0 bridgehead atoms. The molecule has 0 atom stereocenters. The molecule has 0 aliphatic rings. The van der Waals surface area contributed by atoms with Crippen molar-refractivity contribution in [1.29, 1.82) is 0 Å². The van der Waals surface area contributed by atoms with Crippen LogP contribution in [0.25, 0.3) is 10.9 Å². The molecule has 1 aromatic heterocycles. The van der Waals surface area contributed by atoms with Crippen LogP contribution in [-0.4, -0.2) is 42.5 Å². The molecule has 9 heteroatoms. The fourth-order valence-electron chi connectivity index (χ4n) is 2.30. The lowest BCUT2D eigenvalue weighted by molar-refractivity contribution is -0.142. The van der Waals surface area contributed by atoms with Gasteiger partial charge < -0.3 is 9.47 Å². The highest BCUT2D eigenvalue weighted by atomic mass is 32.2. The van der Waals surface area contributed by atoms with Gasteiger partial charge in [0.15, 0.2) is 0 Å².